The number of benzene rings is 3. The number of hydrogen-bond donors (Lipinski definition) is 2. The number of rotatable bonds is 5. The van der Waals surface area contributed by atoms with Crippen LogP contribution in [-0.2, 0) is 0 Å². The lowest BCUT2D eigenvalue weighted by molar-refractivity contribution is 0.844. The van der Waals surface area contributed by atoms with Crippen molar-refractivity contribution in [3.63, 3.8) is 0 Å². The summed E-state index contributed by atoms with van der Waals surface area (Å²) in [5.41, 5.74) is 10.1. The molecule has 0 aliphatic heterocycles. The average molecular weight is 336 g/mol. The van der Waals surface area contributed by atoms with Crippen molar-refractivity contribution < 1.29 is 0 Å². The van der Waals surface area contributed by atoms with Gasteiger partial charge in [-0.15, -0.1) is 0 Å². The van der Waals surface area contributed by atoms with Gasteiger partial charge in [-0.3, -0.25) is 0 Å². The van der Waals surface area contributed by atoms with Crippen molar-refractivity contribution in [2.24, 2.45) is 11.5 Å². The molecule has 3 heteroatoms. The first-order valence-corrected chi connectivity index (χ1v) is 9.56. The van der Waals surface area contributed by atoms with Crippen LogP contribution < -0.4 is 27.4 Å². The third kappa shape index (κ3) is 5.58. The molecule has 24 heavy (non-hydrogen) atoms. The van der Waals surface area contributed by atoms with E-state index in [0.717, 1.165) is 19.5 Å². The lowest BCUT2D eigenvalue weighted by atomic mass is 10.4. The Hall–Kier alpha value is -1.99. The molecule has 0 aliphatic carbocycles. The van der Waals surface area contributed by atoms with Crippen LogP contribution in [0, 0.1) is 0 Å². The minimum atomic E-state index is -0.446. The summed E-state index contributed by atoms with van der Waals surface area (Å²) in [5, 5.41) is 4.19. The summed E-state index contributed by atoms with van der Waals surface area (Å²) in [6.07, 6.45) is 0.944. The largest absolute Gasteiger partial charge is 0.330 e. The highest BCUT2D eigenvalue weighted by atomic mass is 31.1. The van der Waals surface area contributed by atoms with Gasteiger partial charge in [0, 0.05) is 0 Å². The van der Waals surface area contributed by atoms with Crippen molar-refractivity contribution in [2.45, 2.75) is 6.42 Å². The molecule has 0 radical (unpaired) electrons. The van der Waals surface area contributed by atoms with Gasteiger partial charge in [0.1, 0.15) is 0 Å². The van der Waals surface area contributed by atoms with E-state index in [2.05, 4.69) is 91.0 Å². The Kier molecular flexibility index (Phi) is 8.20. The third-order valence-corrected chi connectivity index (χ3v) is 5.90. The molecule has 0 atom stereocenters. The van der Waals surface area contributed by atoms with E-state index < -0.39 is 7.92 Å². The van der Waals surface area contributed by atoms with Gasteiger partial charge in [0.15, 0.2) is 0 Å². The summed E-state index contributed by atoms with van der Waals surface area (Å²) < 4.78 is 0. The Labute approximate surface area is 146 Å². The van der Waals surface area contributed by atoms with Gasteiger partial charge in [-0.1, -0.05) is 91.0 Å². The van der Waals surface area contributed by atoms with Crippen LogP contribution in [0.2, 0.25) is 0 Å². The van der Waals surface area contributed by atoms with Crippen LogP contribution in [0.15, 0.2) is 91.0 Å². The number of hydrogen-bond acceptors (Lipinski definition) is 2. The quantitative estimate of drug-likeness (QED) is 0.704. The van der Waals surface area contributed by atoms with Gasteiger partial charge in [0.05, 0.1) is 0 Å². The first-order chi connectivity index (χ1) is 11.9. The molecule has 0 saturated carbocycles. The van der Waals surface area contributed by atoms with Crippen molar-refractivity contribution >= 4 is 23.8 Å². The normalized spacial score (nSPS) is 10.1. The van der Waals surface area contributed by atoms with Gasteiger partial charge in [-0.05, 0) is 43.3 Å². The summed E-state index contributed by atoms with van der Waals surface area (Å²) in [7, 11) is -0.446. The molecule has 0 amide bonds. The topological polar surface area (TPSA) is 52.0 Å². The van der Waals surface area contributed by atoms with E-state index in [0.29, 0.717) is 0 Å². The molecule has 0 unspecified atom stereocenters. The minimum Gasteiger partial charge on any atom is -0.330 e. The van der Waals surface area contributed by atoms with Crippen molar-refractivity contribution in [1.82, 2.24) is 0 Å². The van der Waals surface area contributed by atoms with Crippen molar-refractivity contribution in [3.8, 4) is 0 Å². The van der Waals surface area contributed by atoms with Crippen LogP contribution in [0.1, 0.15) is 6.42 Å². The van der Waals surface area contributed by atoms with Gasteiger partial charge in [0.25, 0.3) is 0 Å². The zero-order valence-electron chi connectivity index (χ0n) is 13.9. The van der Waals surface area contributed by atoms with E-state index in [1.807, 2.05) is 0 Å². The molecule has 0 heterocycles. The van der Waals surface area contributed by atoms with Crippen molar-refractivity contribution in [3.05, 3.63) is 91.0 Å². The predicted octanol–water partition coefficient (Wildman–Crippen LogP) is 2.74. The molecule has 3 aromatic rings. The zero-order chi connectivity index (χ0) is 17.0. The van der Waals surface area contributed by atoms with Crippen LogP contribution in [-0.4, -0.2) is 13.1 Å². The summed E-state index contributed by atoms with van der Waals surface area (Å²) in [6.45, 7) is 1.44. The Bertz CT molecular complexity index is 576. The standard InChI is InChI=1S/C18H15P.C3H10N2/c1-4-10-16(11-5-1)19(17-12-6-2-7-13-17)18-14-8-3-9-15-18;4-2-1-3-5/h1-15H;1-5H2. The monoisotopic (exact) mass is 336 g/mol. The average Bonchev–Trinajstić information content (AvgIpc) is 2.66. The van der Waals surface area contributed by atoms with E-state index in [9.17, 15) is 0 Å². The highest BCUT2D eigenvalue weighted by Crippen LogP contribution is 2.32. The Balaban J connectivity index is 0.000000368. The van der Waals surface area contributed by atoms with Crippen LogP contribution in [0.3, 0.4) is 0 Å². The fourth-order valence-electron chi connectivity index (χ4n) is 2.30. The van der Waals surface area contributed by atoms with Crippen molar-refractivity contribution in [1.29, 1.82) is 0 Å². The summed E-state index contributed by atoms with van der Waals surface area (Å²) >= 11 is 0. The molecule has 0 fully saturated rings. The summed E-state index contributed by atoms with van der Waals surface area (Å²) in [6, 6.07) is 32.3. The molecule has 0 aromatic heterocycles. The van der Waals surface area contributed by atoms with Gasteiger partial charge < -0.3 is 11.5 Å². The van der Waals surface area contributed by atoms with E-state index in [4.69, 9.17) is 11.5 Å². The molecular formula is C21H25N2P. The maximum absolute atomic E-state index is 5.06. The third-order valence-electron chi connectivity index (χ3n) is 3.45. The van der Waals surface area contributed by atoms with E-state index in [1.165, 1.54) is 15.9 Å². The van der Waals surface area contributed by atoms with Crippen molar-refractivity contribution in [2.75, 3.05) is 13.1 Å². The second kappa shape index (κ2) is 10.7. The molecule has 0 spiro atoms. The van der Waals surface area contributed by atoms with Gasteiger partial charge in [-0.25, -0.2) is 0 Å². The Morgan fingerprint density at radius 2 is 0.792 bits per heavy atom. The first kappa shape index (κ1) is 18.4. The van der Waals surface area contributed by atoms with Gasteiger partial charge >= 0.3 is 0 Å². The summed E-state index contributed by atoms with van der Waals surface area (Å²) in [5.74, 6) is 0. The smallest absolute Gasteiger partial charge is 0.00653 e. The molecule has 3 rings (SSSR count). The maximum Gasteiger partial charge on any atom is -0.00653 e. The van der Waals surface area contributed by atoms with Gasteiger partial charge in [0.2, 0.25) is 0 Å². The molecular weight excluding hydrogens is 311 g/mol. The second-order valence-corrected chi connectivity index (χ2v) is 7.49. The molecule has 0 bridgehead atoms. The highest BCUT2D eigenvalue weighted by Gasteiger charge is 2.14. The predicted molar refractivity (Wildman–Crippen MR) is 108 cm³/mol. The number of nitrogens with two attached hydrogens (primary N) is 2. The minimum absolute atomic E-state index is 0.446. The van der Waals surface area contributed by atoms with E-state index in [1.54, 1.807) is 0 Å². The first-order valence-electron chi connectivity index (χ1n) is 8.22. The van der Waals surface area contributed by atoms with Crippen LogP contribution in [0.5, 0.6) is 0 Å². The highest BCUT2D eigenvalue weighted by molar-refractivity contribution is 7.79. The van der Waals surface area contributed by atoms with E-state index in [-0.39, 0.29) is 0 Å². The van der Waals surface area contributed by atoms with E-state index >= 15 is 0 Å². The SMILES string of the molecule is NCCCN.c1ccc(P(c2ccccc2)c2ccccc2)cc1. The maximum atomic E-state index is 5.06. The van der Waals surface area contributed by atoms with Crippen LogP contribution in [0.25, 0.3) is 0 Å². The van der Waals surface area contributed by atoms with Crippen LogP contribution in [0.4, 0.5) is 0 Å². The van der Waals surface area contributed by atoms with Gasteiger partial charge in [-0.2, -0.15) is 0 Å². The Morgan fingerprint density at radius 3 is 1.00 bits per heavy atom. The molecule has 0 aliphatic rings. The lowest BCUT2D eigenvalue weighted by Gasteiger charge is -2.18. The second-order valence-electron chi connectivity index (χ2n) is 5.27. The van der Waals surface area contributed by atoms with Crippen LogP contribution >= 0.6 is 7.92 Å². The molecule has 124 valence electrons. The molecule has 2 nitrogen and oxygen atoms in total. The molecule has 3 aromatic carbocycles. The fraction of sp³-hybridized carbons (Fsp3) is 0.143. The Morgan fingerprint density at radius 1 is 0.500 bits per heavy atom. The summed E-state index contributed by atoms with van der Waals surface area (Å²) in [4.78, 5) is 0. The molecule has 4 N–H and O–H groups in total. The molecule has 0 saturated heterocycles. The fourth-order valence-corrected chi connectivity index (χ4v) is 4.60. The lowest BCUT2D eigenvalue weighted by Crippen LogP contribution is -2.20. The zero-order valence-corrected chi connectivity index (χ0v) is 14.8.